The van der Waals surface area contributed by atoms with E-state index in [1.807, 2.05) is 93.6 Å². The summed E-state index contributed by atoms with van der Waals surface area (Å²) in [6.45, 7) is 18.9. The highest BCUT2D eigenvalue weighted by Gasteiger charge is 2.39. The Hall–Kier alpha value is -7.99. The van der Waals surface area contributed by atoms with E-state index in [1.165, 1.54) is 16.9 Å². The van der Waals surface area contributed by atoms with Crippen LogP contribution in [0.2, 0.25) is 0 Å². The molecule has 5 aliphatic rings. The lowest BCUT2D eigenvalue weighted by Gasteiger charge is -2.35. The number of fused-ring (bicyclic) bond motifs is 8. The topological polar surface area (TPSA) is 295 Å². The quantitative estimate of drug-likeness (QED) is 0.0974. The third-order valence-electron chi connectivity index (χ3n) is 17.3. The highest BCUT2D eigenvalue weighted by atomic mass is 16.7. The number of hydrogen-bond donors (Lipinski definition) is 6. The maximum atomic E-state index is 13.7. The lowest BCUT2D eigenvalue weighted by atomic mass is 9.91. The van der Waals surface area contributed by atoms with Gasteiger partial charge in [-0.2, -0.15) is 0 Å². The fraction of sp³-hybridized carbons (Fsp3) is 0.544. The molecule has 23 nitrogen and oxygen atoms in total. The molecule has 2 aromatic carbocycles. The smallest absolute Gasteiger partial charge is 0.310 e. The summed E-state index contributed by atoms with van der Waals surface area (Å²) in [4.78, 5) is 128. The van der Waals surface area contributed by atoms with Gasteiger partial charge in [-0.15, -0.1) is 0 Å². The fourth-order valence-corrected chi connectivity index (χ4v) is 11.6. The summed E-state index contributed by atoms with van der Waals surface area (Å²) >= 11 is 0. The van der Waals surface area contributed by atoms with Crippen molar-refractivity contribution in [3.05, 3.63) is 95.6 Å². The summed E-state index contributed by atoms with van der Waals surface area (Å²) in [5.41, 5.74) is 8.85. The van der Waals surface area contributed by atoms with Crippen molar-refractivity contribution in [2.45, 2.75) is 188 Å². The predicted molar refractivity (Wildman–Crippen MR) is 341 cm³/mol. The van der Waals surface area contributed by atoms with E-state index in [9.17, 15) is 43.2 Å². The van der Waals surface area contributed by atoms with E-state index in [1.54, 1.807) is 53.9 Å². The molecule has 0 aliphatic carbocycles. The van der Waals surface area contributed by atoms with E-state index in [0.29, 0.717) is 70.3 Å². The first-order chi connectivity index (χ1) is 43.3. The second-order valence-corrected chi connectivity index (χ2v) is 25.7. The van der Waals surface area contributed by atoms with Gasteiger partial charge in [-0.05, 0) is 169 Å². The number of pyridine rings is 2. The monoisotopic (exact) mass is 1250 g/mol. The van der Waals surface area contributed by atoms with Crippen LogP contribution in [-0.4, -0.2) is 142 Å². The van der Waals surface area contributed by atoms with Crippen LogP contribution in [0.4, 0.5) is 0 Å². The standard InChI is InChI=1S/C35H47N5O7.C33H43N5O6/c1-21(2)30-32(42)38-23(4)33(43)40-15-7-10-29(39-40)31(41)37-22(3)25-11-12-26-18-36-28(17-27(26)16-25)9-6-8-24(34(44)47-30)13-14-35(5)19-45-20-46-35;1-19(2)29-31(41)36-22(5)32(42)38-15-7-10-28(37-38)30(40)35-21(4)24-13-14-25-18-34-27(17-26(25)16-24)9-6-8-23(33(43)44-29)12-11-20(3)39/h6,9,11-12,16-18,21-24,29-30,39H,7-8,10,13-15,19-20H2,1-5H3,(H,37,41)(H,38,42);6,9,13-14,16-19,21-23,28-29,37H,7-8,10-12,15H2,1-5H3,(H,35,40)(H,36,41)/b2*9-6+/t22-,23+,24+,29+,30+,35?;21-,22+,23+,28+,29+/m11/s1. The molecule has 11 atom stereocenters. The number of nitrogens with one attached hydrogen (secondary N) is 6. The molecule has 0 saturated carbocycles. The van der Waals surface area contributed by atoms with Crippen molar-refractivity contribution in [2.75, 3.05) is 26.5 Å². The third kappa shape index (κ3) is 18.6. The largest absolute Gasteiger partial charge is 0.452 e. The third-order valence-corrected chi connectivity index (χ3v) is 17.3. The Balaban J connectivity index is 0.000000235. The highest BCUT2D eigenvalue weighted by molar-refractivity contribution is 5.93. The summed E-state index contributed by atoms with van der Waals surface area (Å²) in [5, 5.41) is 18.2. The van der Waals surface area contributed by atoms with Gasteiger partial charge in [0, 0.05) is 42.7 Å². The van der Waals surface area contributed by atoms with Crippen LogP contribution in [0.3, 0.4) is 0 Å². The molecule has 6 amide bonds. The van der Waals surface area contributed by atoms with Gasteiger partial charge in [-0.1, -0.05) is 64.1 Å². The van der Waals surface area contributed by atoms with Gasteiger partial charge < -0.3 is 45.0 Å². The number of carbonyl (C=O) groups excluding carboxylic acids is 9. The van der Waals surface area contributed by atoms with E-state index in [-0.39, 0.29) is 73.5 Å². The van der Waals surface area contributed by atoms with Crippen molar-refractivity contribution < 1.29 is 62.1 Å². The molecule has 91 heavy (non-hydrogen) atoms. The first-order valence-electron chi connectivity index (χ1n) is 32.0. The lowest BCUT2D eigenvalue weighted by Crippen LogP contribution is -2.61. The second-order valence-electron chi connectivity index (χ2n) is 25.7. The van der Waals surface area contributed by atoms with Crippen molar-refractivity contribution >= 4 is 86.9 Å². The minimum atomic E-state index is -1.13. The zero-order chi connectivity index (χ0) is 65.7. The molecule has 5 aliphatic heterocycles. The van der Waals surface area contributed by atoms with Gasteiger partial charge in [0.15, 0.2) is 12.2 Å². The van der Waals surface area contributed by atoms with Crippen molar-refractivity contribution in [1.82, 2.24) is 52.1 Å². The number of carbonyl (C=O) groups is 9. The number of hydrazine groups is 2. The number of esters is 2. The summed E-state index contributed by atoms with van der Waals surface area (Å²) in [5.74, 6) is -5.39. The number of amides is 6. The van der Waals surface area contributed by atoms with Crippen LogP contribution in [0, 0.1) is 23.7 Å². The van der Waals surface area contributed by atoms with Crippen LogP contribution in [0.25, 0.3) is 33.7 Å². The Labute approximate surface area is 532 Å². The van der Waals surface area contributed by atoms with Gasteiger partial charge in [-0.3, -0.25) is 58.3 Å². The van der Waals surface area contributed by atoms with E-state index in [4.69, 9.17) is 18.9 Å². The molecule has 6 N–H and O–H groups in total. The number of benzene rings is 2. The summed E-state index contributed by atoms with van der Waals surface area (Å²) < 4.78 is 22.8. The van der Waals surface area contributed by atoms with Crippen LogP contribution >= 0.6 is 0 Å². The number of cyclic esters (lactones) is 2. The van der Waals surface area contributed by atoms with Gasteiger partial charge >= 0.3 is 11.9 Å². The van der Waals surface area contributed by atoms with E-state index in [2.05, 4.69) is 42.1 Å². The second kappa shape index (κ2) is 31.4. The van der Waals surface area contributed by atoms with Crippen LogP contribution in [0.5, 0.6) is 0 Å². The molecule has 23 heteroatoms. The number of nitrogens with zero attached hydrogens (tertiary/aromatic N) is 4. The number of hydrogen-bond acceptors (Lipinski definition) is 17. The van der Waals surface area contributed by atoms with Gasteiger partial charge in [0.05, 0.1) is 47.5 Å². The molecule has 0 spiro atoms. The van der Waals surface area contributed by atoms with Gasteiger partial charge in [0.2, 0.25) is 11.8 Å². The first-order valence-corrected chi connectivity index (χ1v) is 32.0. The number of ketones is 1. The van der Waals surface area contributed by atoms with Crippen LogP contribution in [0.1, 0.15) is 168 Å². The van der Waals surface area contributed by atoms with Crippen LogP contribution < -0.4 is 32.1 Å². The zero-order valence-corrected chi connectivity index (χ0v) is 54.0. The normalized spacial score (nSPS) is 28.6. The maximum absolute atomic E-state index is 13.7. The Morgan fingerprint density at radius 3 is 1.45 bits per heavy atom. The molecular formula is C68H90N10O13. The Kier molecular flexibility index (Phi) is 23.7. The van der Waals surface area contributed by atoms with Crippen molar-refractivity contribution in [3.63, 3.8) is 0 Å². The van der Waals surface area contributed by atoms with Gasteiger partial charge in [0.25, 0.3) is 23.6 Å². The van der Waals surface area contributed by atoms with Crippen molar-refractivity contribution in [1.29, 1.82) is 0 Å². The number of allylic oxidation sites excluding steroid dienone is 2. The number of Topliss-reactive ketones (excluding diaryl/α,β-unsaturated/α-hetero) is 1. The van der Waals surface area contributed by atoms with Crippen molar-refractivity contribution in [2.24, 2.45) is 23.7 Å². The molecule has 10 bridgehead atoms. The summed E-state index contributed by atoms with van der Waals surface area (Å²) in [7, 11) is 0. The number of ether oxygens (including phenoxy) is 4. The minimum absolute atomic E-state index is 0.0450. The molecule has 3 saturated heterocycles. The molecule has 2 aromatic heterocycles. The Morgan fingerprint density at radius 1 is 0.593 bits per heavy atom. The molecule has 3 fully saturated rings. The van der Waals surface area contributed by atoms with E-state index < -0.39 is 83.5 Å². The molecule has 9 rings (SSSR count). The maximum Gasteiger partial charge on any atom is 0.310 e. The molecular weight excluding hydrogens is 1160 g/mol. The molecule has 1 unspecified atom stereocenters. The average Bonchev–Trinajstić information content (AvgIpc) is 1.62. The average molecular weight is 1260 g/mol. The molecule has 4 aromatic rings. The SMILES string of the molecule is CC(=O)CC[C@@H]1C/C=C/c2cc3cc(ccc3cn2)[C@@H](C)NC(=O)[C@@H]2CCCN(N2)C(=O)[C@H](C)NC(=O)[C@H](C(C)C)OC1=O.CC(C)[C@@H]1OC(=O)[C@H](CCC2(C)COCO2)C/C=C/c2cc3cc(ccc3cn2)[C@@H](C)NC(=O)[C@@H]2CCCN(N2)C(=O)[C@H](C)NC1=O. The Bertz CT molecular complexity index is 3380. The van der Waals surface area contributed by atoms with Gasteiger partial charge in [-0.25, -0.2) is 10.9 Å². The van der Waals surface area contributed by atoms with Crippen LogP contribution in [-0.2, 0) is 62.1 Å². The Morgan fingerprint density at radius 2 is 1.03 bits per heavy atom. The van der Waals surface area contributed by atoms with Crippen LogP contribution in [0.15, 0.2) is 73.1 Å². The summed E-state index contributed by atoms with van der Waals surface area (Å²) in [6.07, 6.45) is 13.3. The molecule has 490 valence electrons. The van der Waals surface area contributed by atoms with E-state index in [0.717, 1.165) is 38.4 Å². The number of rotatable bonds is 8. The number of aromatic nitrogens is 2. The predicted octanol–water partition coefficient (Wildman–Crippen LogP) is 6.94. The van der Waals surface area contributed by atoms with Crippen molar-refractivity contribution in [3.8, 4) is 0 Å². The zero-order valence-electron chi connectivity index (χ0n) is 54.0. The molecule has 7 heterocycles. The van der Waals surface area contributed by atoms with Gasteiger partial charge in [0.1, 0.15) is 36.7 Å². The fourth-order valence-electron chi connectivity index (χ4n) is 11.6. The van der Waals surface area contributed by atoms with E-state index >= 15 is 0 Å². The first kappa shape index (κ1) is 68.9. The molecule has 0 radical (unpaired) electrons. The minimum Gasteiger partial charge on any atom is -0.452 e. The highest BCUT2D eigenvalue weighted by Crippen LogP contribution is 2.30. The summed E-state index contributed by atoms with van der Waals surface area (Å²) in [6, 6.07) is 12.2. The lowest BCUT2D eigenvalue weighted by molar-refractivity contribution is -0.163.